The van der Waals surface area contributed by atoms with Crippen molar-refractivity contribution < 1.29 is 31.1 Å². The van der Waals surface area contributed by atoms with Gasteiger partial charge in [0.2, 0.25) is 5.91 Å². The predicted molar refractivity (Wildman–Crippen MR) is 157 cm³/mol. The summed E-state index contributed by atoms with van der Waals surface area (Å²) in [5, 5.41) is 0. The van der Waals surface area contributed by atoms with E-state index in [1.54, 1.807) is 13.0 Å². The summed E-state index contributed by atoms with van der Waals surface area (Å²) in [6.45, 7) is 13.3. The molecule has 0 spiro atoms. The van der Waals surface area contributed by atoms with Crippen LogP contribution in [0.5, 0.6) is 0 Å². The molecule has 1 saturated heterocycles. The summed E-state index contributed by atoms with van der Waals surface area (Å²) in [6, 6.07) is 8.81. The van der Waals surface area contributed by atoms with Crippen molar-refractivity contribution in [1.29, 1.82) is 0 Å². The highest BCUT2D eigenvalue weighted by atomic mass is 19.4. The average molecular weight is 606 g/mol. The summed E-state index contributed by atoms with van der Waals surface area (Å²) in [6.07, 6.45) is -6.50. The van der Waals surface area contributed by atoms with E-state index in [0.717, 1.165) is 37.3 Å². The van der Waals surface area contributed by atoms with Gasteiger partial charge in [-0.2, -0.15) is 26.3 Å². The summed E-state index contributed by atoms with van der Waals surface area (Å²) in [7, 11) is 3.50. The van der Waals surface area contributed by atoms with E-state index >= 15 is 0 Å². The Hall–Kier alpha value is -3.75. The van der Waals surface area contributed by atoms with Crippen LogP contribution >= 0.6 is 0 Å². The number of carbonyl (C=O) groups is 1. The van der Waals surface area contributed by atoms with E-state index < -0.39 is 40.4 Å². The molecule has 4 nitrogen and oxygen atoms in total. The molecule has 0 aliphatic carbocycles. The van der Waals surface area contributed by atoms with Gasteiger partial charge in [0.05, 0.1) is 22.2 Å². The van der Waals surface area contributed by atoms with Gasteiger partial charge >= 0.3 is 12.4 Å². The lowest BCUT2D eigenvalue weighted by Crippen LogP contribution is -2.43. The fourth-order valence-electron chi connectivity index (χ4n) is 5.10. The number of alkyl halides is 6. The second kappa shape index (κ2) is 12.9. The zero-order valence-electron chi connectivity index (χ0n) is 25.2. The molecule has 2 aromatic rings. The molecule has 0 radical (unpaired) electrons. The minimum absolute atomic E-state index is 0.0612. The van der Waals surface area contributed by atoms with Gasteiger partial charge in [-0.15, -0.1) is 5.73 Å². The minimum Gasteiger partial charge on any atom is -0.363 e. The van der Waals surface area contributed by atoms with Gasteiger partial charge in [0.25, 0.3) is 0 Å². The first kappa shape index (κ1) is 33.7. The Morgan fingerprint density at radius 2 is 1.44 bits per heavy atom. The van der Waals surface area contributed by atoms with E-state index in [2.05, 4.69) is 22.1 Å². The average Bonchev–Trinajstić information content (AvgIpc) is 2.94. The maximum atomic E-state index is 14.0. The summed E-state index contributed by atoms with van der Waals surface area (Å²) in [5.74, 6) is -0.684. The molecular weight excluding hydrogens is 568 g/mol. The molecule has 0 saturated carbocycles. The highest BCUT2D eigenvalue weighted by Crippen LogP contribution is 2.40. The molecule has 232 valence electrons. The normalized spacial score (nSPS) is 15.8. The molecule has 1 aliphatic rings. The summed E-state index contributed by atoms with van der Waals surface area (Å²) < 4.78 is 81.8. The highest BCUT2D eigenvalue weighted by Gasteiger charge is 2.41. The lowest BCUT2D eigenvalue weighted by Gasteiger charge is -2.35. The maximum Gasteiger partial charge on any atom is 0.416 e. The summed E-state index contributed by atoms with van der Waals surface area (Å²) >= 11 is 0. The van der Waals surface area contributed by atoms with Crippen molar-refractivity contribution in [2.75, 3.05) is 40.3 Å². The first-order valence-electron chi connectivity index (χ1n) is 13.8. The Labute approximate surface area is 249 Å². The van der Waals surface area contributed by atoms with Gasteiger partial charge in [0.15, 0.2) is 0 Å². The predicted octanol–water partition coefficient (Wildman–Crippen LogP) is 7.67. The monoisotopic (exact) mass is 605 g/mol. The molecule has 2 aromatic carbocycles. The van der Waals surface area contributed by atoms with Crippen molar-refractivity contribution >= 4 is 11.5 Å². The van der Waals surface area contributed by atoms with Crippen LogP contribution in [-0.2, 0) is 22.6 Å². The first-order valence-corrected chi connectivity index (χ1v) is 13.8. The standard InChI is InChI=1S/C33H37F6N3O/c1-8-26(42-16-14-40(6)15-17-42)21-28(27-13-11-10-12-22(27)3)29(9-2)41(7)30(43)31(4,5)23-18-24(32(34,35)36)20-25(19-23)33(37,38)39/h9-13,18-21H,1,14-17H2,2-7H3/b28-21-,29-9+. The van der Waals surface area contributed by atoms with E-state index in [1.165, 1.54) is 25.8 Å². The molecule has 1 amide bonds. The van der Waals surface area contributed by atoms with Crippen LogP contribution in [0.4, 0.5) is 26.3 Å². The van der Waals surface area contributed by atoms with Crippen LogP contribution in [0.25, 0.3) is 5.57 Å². The number of piperazine rings is 1. The summed E-state index contributed by atoms with van der Waals surface area (Å²) in [4.78, 5) is 19.7. The van der Waals surface area contributed by atoms with E-state index in [4.69, 9.17) is 0 Å². The van der Waals surface area contributed by atoms with Crippen LogP contribution in [0.1, 0.15) is 48.6 Å². The molecule has 0 N–H and O–H groups in total. The van der Waals surface area contributed by atoms with Gasteiger partial charge in [-0.05, 0) is 75.7 Å². The molecule has 1 heterocycles. The van der Waals surface area contributed by atoms with Crippen LogP contribution in [0.3, 0.4) is 0 Å². The Morgan fingerprint density at radius 3 is 1.91 bits per heavy atom. The van der Waals surface area contributed by atoms with E-state index in [0.29, 0.717) is 29.1 Å². The third-order valence-electron chi connectivity index (χ3n) is 7.80. The number of amides is 1. The molecule has 0 atom stereocenters. The van der Waals surface area contributed by atoms with Crippen molar-refractivity contribution in [2.24, 2.45) is 0 Å². The molecule has 43 heavy (non-hydrogen) atoms. The van der Waals surface area contributed by atoms with E-state index in [1.807, 2.05) is 44.3 Å². The third-order valence-corrected chi connectivity index (χ3v) is 7.80. The van der Waals surface area contributed by atoms with Crippen molar-refractivity contribution in [1.82, 2.24) is 14.7 Å². The lowest BCUT2D eigenvalue weighted by molar-refractivity contribution is -0.143. The van der Waals surface area contributed by atoms with E-state index in [-0.39, 0.29) is 6.07 Å². The lowest BCUT2D eigenvalue weighted by atomic mass is 9.81. The number of likely N-dealkylation sites (N-methyl/N-ethyl adjacent to an activating group) is 2. The zero-order valence-corrected chi connectivity index (χ0v) is 25.2. The number of hydrogen-bond donors (Lipinski definition) is 0. The molecule has 1 aliphatic heterocycles. The van der Waals surface area contributed by atoms with Gasteiger partial charge in [-0.1, -0.05) is 36.9 Å². The van der Waals surface area contributed by atoms with Crippen LogP contribution in [0.2, 0.25) is 0 Å². The fourth-order valence-corrected chi connectivity index (χ4v) is 5.10. The van der Waals surface area contributed by atoms with Crippen molar-refractivity contribution in [2.45, 2.75) is 45.5 Å². The third kappa shape index (κ3) is 7.61. The maximum absolute atomic E-state index is 14.0. The van der Waals surface area contributed by atoms with Crippen LogP contribution in [-0.4, -0.2) is 60.9 Å². The van der Waals surface area contributed by atoms with Gasteiger partial charge in [-0.3, -0.25) is 4.79 Å². The molecule has 3 rings (SSSR count). The Kier molecular flexibility index (Phi) is 10.1. The van der Waals surface area contributed by atoms with Crippen molar-refractivity contribution in [3.05, 3.63) is 106 Å². The number of hydrogen-bond acceptors (Lipinski definition) is 3. The number of rotatable bonds is 7. The fraction of sp³-hybridized carbons (Fsp3) is 0.394. The SMILES string of the molecule is C=C=C(/C=C(\C(=C/C)N(C)C(=O)C(C)(C)c1cc(C(F)(F)F)cc(C(F)(F)F)c1)c1ccccc1C)N1CCN(C)CC1. The van der Waals surface area contributed by atoms with Crippen molar-refractivity contribution in [3.63, 3.8) is 0 Å². The molecule has 0 aromatic heterocycles. The van der Waals surface area contributed by atoms with Gasteiger partial charge in [0, 0.05) is 44.5 Å². The number of aryl methyl sites for hydroxylation is 1. The van der Waals surface area contributed by atoms with Crippen LogP contribution in [0, 0.1) is 6.92 Å². The van der Waals surface area contributed by atoms with Crippen LogP contribution < -0.4 is 0 Å². The zero-order chi connectivity index (χ0) is 32.3. The van der Waals surface area contributed by atoms with E-state index in [9.17, 15) is 31.1 Å². The molecule has 10 heteroatoms. The molecular formula is C33H37F6N3O. The number of halogens is 6. The summed E-state index contributed by atoms with van der Waals surface area (Å²) in [5.41, 5.74) is 1.39. The molecule has 1 fully saturated rings. The van der Waals surface area contributed by atoms with Gasteiger partial charge < -0.3 is 14.7 Å². The largest absolute Gasteiger partial charge is 0.416 e. The number of nitrogens with zero attached hydrogens (tertiary/aromatic N) is 3. The minimum atomic E-state index is -5.03. The number of allylic oxidation sites excluding steroid dienone is 3. The topological polar surface area (TPSA) is 26.8 Å². The Balaban J connectivity index is 2.14. The van der Waals surface area contributed by atoms with Gasteiger partial charge in [0.1, 0.15) is 0 Å². The Morgan fingerprint density at radius 1 is 0.930 bits per heavy atom. The van der Waals surface area contributed by atoms with Crippen molar-refractivity contribution in [3.8, 4) is 0 Å². The number of benzene rings is 2. The number of carbonyl (C=O) groups excluding carboxylic acids is 1. The second-order valence-corrected chi connectivity index (χ2v) is 11.2. The Bertz CT molecular complexity index is 1420. The quantitative estimate of drug-likeness (QED) is 0.184. The molecule has 0 unspecified atom stereocenters. The first-order chi connectivity index (χ1) is 19.9. The smallest absolute Gasteiger partial charge is 0.363 e. The van der Waals surface area contributed by atoms with Gasteiger partial charge in [-0.25, -0.2) is 0 Å². The van der Waals surface area contributed by atoms with Crippen LogP contribution in [0.15, 0.2) is 78.3 Å². The molecule has 0 bridgehead atoms. The highest BCUT2D eigenvalue weighted by molar-refractivity contribution is 5.93. The second-order valence-electron chi connectivity index (χ2n) is 11.2.